The number of amides is 4. The lowest BCUT2D eigenvalue weighted by Gasteiger charge is -2.29. The average molecular weight is 459 g/mol. The Morgan fingerprint density at radius 2 is 1.78 bits per heavy atom. The standard InChI is InChI=1S/C19H34N6O7/c1-10(26)15(24-16(28)11(21)5-2-3-7-20)17(29)23-12(9-14(22)27)18(30)25-8-4-6-13(25)19(31)32/h10-13,15,26H,2-9,20-21H2,1H3,(H2,22,27)(H,23,29)(H,24,28)(H,31,32). The lowest BCUT2D eigenvalue weighted by atomic mass is 10.1. The van der Waals surface area contributed by atoms with Gasteiger partial charge in [-0.2, -0.15) is 0 Å². The molecule has 0 aromatic carbocycles. The van der Waals surface area contributed by atoms with Crippen LogP contribution in [0.3, 0.4) is 0 Å². The molecule has 13 heteroatoms. The molecule has 1 fully saturated rings. The van der Waals surface area contributed by atoms with Crippen LogP contribution in [0.2, 0.25) is 0 Å². The first-order valence-electron chi connectivity index (χ1n) is 10.6. The highest BCUT2D eigenvalue weighted by Gasteiger charge is 2.39. The van der Waals surface area contributed by atoms with E-state index in [1.54, 1.807) is 0 Å². The monoisotopic (exact) mass is 458 g/mol. The molecule has 32 heavy (non-hydrogen) atoms. The van der Waals surface area contributed by atoms with Gasteiger partial charge in [0.15, 0.2) is 0 Å². The Morgan fingerprint density at radius 1 is 1.12 bits per heavy atom. The fraction of sp³-hybridized carbons (Fsp3) is 0.737. The van der Waals surface area contributed by atoms with Crippen molar-refractivity contribution in [3.05, 3.63) is 0 Å². The topological polar surface area (TPSA) is 231 Å². The lowest BCUT2D eigenvalue weighted by Crippen LogP contribution is -2.60. The summed E-state index contributed by atoms with van der Waals surface area (Å²) in [7, 11) is 0. The van der Waals surface area contributed by atoms with E-state index in [2.05, 4.69) is 10.6 Å². The maximum atomic E-state index is 12.9. The van der Waals surface area contributed by atoms with Crippen molar-refractivity contribution in [1.82, 2.24) is 15.5 Å². The van der Waals surface area contributed by atoms with E-state index in [1.165, 1.54) is 6.92 Å². The summed E-state index contributed by atoms with van der Waals surface area (Å²) in [6.07, 6.45) is 0.371. The zero-order valence-corrected chi connectivity index (χ0v) is 18.2. The maximum absolute atomic E-state index is 12.9. The second kappa shape index (κ2) is 12.9. The number of unbranched alkanes of at least 4 members (excludes halogenated alkanes) is 1. The first-order chi connectivity index (χ1) is 15.0. The molecular formula is C19H34N6O7. The number of hydrogen-bond acceptors (Lipinski definition) is 8. The predicted octanol–water partition coefficient (Wildman–Crippen LogP) is -3.26. The van der Waals surface area contributed by atoms with Crippen LogP contribution < -0.4 is 27.8 Å². The molecule has 1 heterocycles. The summed E-state index contributed by atoms with van der Waals surface area (Å²) in [6.45, 7) is 1.85. The van der Waals surface area contributed by atoms with Gasteiger partial charge in [0.2, 0.25) is 23.6 Å². The van der Waals surface area contributed by atoms with Crippen LogP contribution in [0.5, 0.6) is 0 Å². The number of likely N-dealkylation sites (tertiary alicyclic amines) is 1. The number of carbonyl (C=O) groups excluding carboxylic acids is 4. The molecule has 0 aromatic rings. The molecule has 0 aliphatic carbocycles. The highest BCUT2D eigenvalue weighted by atomic mass is 16.4. The third-order valence-corrected chi connectivity index (χ3v) is 5.21. The van der Waals surface area contributed by atoms with Gasteiger partial charge in [-0.15, -0.1) is 0 Å². The fourth-order valence-electron chi connectivity index (χ4n) is 3.46. The van der Waals surface area contributed by atoms with Crippen LogP contribution in [-0.2, 0) is 24.0 Å². The summed E-state index contributed by atoms with van der Waals surface area (Å²) in [5, 5.41) is 23.9. The van der Waals surface area contributed by atoms with Crippen LogP contribution in [0.1, 0.15) is 45.4 Å². The number of aliphatic hydroxyl groups excluding tert-OH is 1. The van der Waals surface area contributed by atoms with Gasteiger partial charge in [0.25, 0.3) is 0 Å². The van der Waals surface area contributed by atoms with Crippen LogP contribution in [0, 0.1) is 0 Å². The third kappa shape index (κ3) is 8.05. The molecule has 1 aliphatic rings. The number of primary amides is 1. The van der Waals surface area contributed by atoms with Crippen molar-refractivity contribution in [1.29, 1.82) is 0 Å². The number of aliphatic hydroxyl groups is 1. The van der Waals surface area contributed by atoms with Crippen molar-refractivity contribution in [2.24, 2.45) is 17.2 Å². The van der Waals surface area contributed by atoms with Crippen LogP contribution in [0.15, 0.2) is 0 Å². The minimum Gasteiger partial charge on any atom is -0.480 e. The summed E-state index contributed by atoms with van der Waals surface area (Å²) in [4.78, 5) is 61.8. The Labute approximate surface area is 186 Å². The van der Waals surface area contributed by atoms with Gasteiger partial charge in [-0.3, -0.25) is 19.2 Å². The Balaban J connectivity index is 2.91. The van der Waals surface area contributed by atoms with Gasteiger partial charge in [0, 0.05) is 6.54 Å². The SMILES string of the molecule is CC(O)C(NC(=O)C(N)CCCCN)C(=O)NC(CC(N)=O)C(=O)N1CCCC1C(=O)O. The fourth-order valence-corrected chi connectivity index (χ4v) is 3.46. The number of carboxylic acid groups (broad SMARTS) is 1. The number of carboxylic acids is 1. The second-order valence-corrected chi connectivity index (χ2v) is 7.88. The van der Waals surface area contributed by atoms with Crippen LogP contribution in [0.25, 0.3) is 0 Å². The highest BCUT2D eigenvalue weighted by Crippen LogP contribution is 2.19. The zero-order valence-electron chi connectivity index (χ0n) is 18.2. The van der Waals surface area contributed by atoms with E-state index in [1.807, 2.05) is 0 Å². The van der Waals surface area contributed by atoms with Crippen LogP contribution >= 0.6 is 0 Å². The number of rotatable bonds is 13. The van der Waals surface area contributed by atoms with Gasteiger partial charge in [-0.05, 0) is 39.2 Å². The van der Waals surface area contributed by atoms with E-state index in [4.69, 9.17) is 17.2 Å². The number of aliphatic carboxylic acids is 1. The van der Waals surface area contributed by atoms with E-state index >= 15 is 0 Å². The van der Waals surface area contributed by atoms with Crippen molar-refractivity contribution in [2.45, 2.75) is 75.7 Å². The summed E-state index contributed by atoms with van der Waals surface area (Å²) >= 11 is 0. The molecule has 13 nitrogen and oxygen atoms in total. The Morgan fingerprint density at radius 3 is 2.31 bits per heavy atom. The molecule has 0 aromatic heterocycles. The molecule has 0 spiro atoms. The maximum Gasteiger partial charge on any atom is 0.326 e. The van der Waals surface area contributed by atoms with Crippen molar-refractivity contribution in [2.75, 3.05) is 13.1 Å². The van der Waals surface area contributed by atoms with Crippen molar-refractivity contribution < 1.29 is 34.2 Å². The van der Waals surface area contributed by atoms with Gasteiger partial charge >= 0.3 is 5.97 Å². The Hall–Kier alpha value is -2.77. The van der Waals surface area contributed by atoms with Gasteiger partial charge in [0.1, 0.15) is 18.1 Å². The summed E-state index contributed by atoms with van der Waals surface area (Å²) in [5.41, 5.74) is 16.4. The Kier molecular flexibility index (Phi) is 11.0. The number of nitrogens with two attached hydrogens (primary N) is 3. The summed E-state index contributed by atoms with van der Waals surface area (Å²) < 4.78 is 0. The highest BCUT2D eigenvalue weighted by molar-refractivity contribution is 5.96. The molecule has 1 rings (SSSR count). The molecule has 1 aliphatic heterocycles. The van der Waals surface area contributed by atoms with Gasteiger partial charge in [0.05, 0.1) is 18.6 Å². The van der Waals surface area contributed by atoms with Gasteiger partial charge in [-0.1, -0.05) is 6.42 Å². The van der Waals surface area contributed by atoms with Crippen molar-refractivity contribution in [3.8, 4) is 0 Å². The zero-order chi connectivity index (χ0) is 24.4. The van der Waals surface area contributed by atoms with E-state index in [9.17, 15) is 34.2 Å². The predicted molar refractivity (Wildman–Crippen MR) is 113 cm³/mol. The molecule has 182 valence electrons. The molecule has 5 unspecified atom stereocenters. The van der Waals surface area contributed by atoms with E-state index in [0.717, 1.165) is 4.90 Å². The minimum absolute atomic E-state index is 0.148. The van der Waals surface area contributed by atoms with Gasteiger partial charge < -0.3 is 42.9 Å². The molecule has 0 saturated carbocycles. The van der Waals surface area contributed by atoms with E-state index in [0.29, 0.717) is 32.2 Å². The molecule has 5 atom stereocenters. The number of carbonyl (C=O) groups is 5. The number of hydrogen-bond donors (Lipinski definition) is 7. The summed E-state index contributed by atoms with van der Waals surface area (Å²) in [5.74, 6) is -4.48. The molecule has 10 N–H and O–H groups in total. The quantitative estimate of drug-likeness (QED) is 0.137. The normalized spacial score (nSPS) is 19.5. The lowest BCUT2D eigenvalue weighted by molar-refractivity contribution is -0.150. The second-order valence-electron chi connectivity index (χ2n) is 7.88. The first kappa shape index (κ1) is 27.3. The molecule has 1 saturated heterocycles. The minimum atomic E-state index is -1.46. The van der Waals surface area contributed by atoms with Crippen LogP contribution in [-0.4, -0.2) is 88.1 Å². The van der Waals surface area contributed by atoms with E-state index in [-0.39, 0.29) is 13.0 Å². The third-order valence-electron chi connectivity index (χ3n) is 5.21. The smallest absolute Gasteiger partial charge is 0.326 e. The molecule has 0 radical (unpaired) electrons. The average Bonchev–Trinajstić information content (AvgIpc) is 3.20. The first-order valence-corrected chi connectivity index (χ1v) is 10.6. The number of nitrogens with one attached hydrogen (secondary N) is 2. The van der Waals surface area contributed by atoms with Gasteiger partial charge in [-0.25, -0.2) is 4.79 Å². The summed E-state index contributed by atoms with van der Waals surface area (Å²) in [6, 6.07) is -4.91. The molecule has 0 bridgehead atoms. The Bertz CT molecular complexity index is 702. The largest absolute Gasteiger partial charge is 0.480 e. The van der Waals surface area contributed by atoms with Crippen molar-refractivity contribution in [3.63, 3.8) is 0 Å². The molecular weight excluding hydrogens is 424 g/mol. The van der Waals surface area contributed by atoms with Crippen molar-refractivity contribution >= 4 is 29.6 Å². The van der Waals surface area contributed by atoms with E-state index < -0.39 is 66.3 Å². The molecule has 4 amide bonds. The van der Waals surface area contributed by atoms with Crippen LogP contribution in [0.4, 0.5) is 0 Å². The number of nitrogens with zero attached hydrogens (tertiary/aromatic N) is 1.